The van der Waals surface area contributed by atoms with Crippen LogP contribution >= 0.6 is 11.8 Å². The van der Waals surface area contributed by atoms with Gasteiger partial charge in [0.05, 0.1) is 5.25 Å². The van der Waals surface area contributed by atoms with Gasteiger partial charge in [0.25, 0.3) is 0 Å². The van der Waals surface area contributed by atoms with Crippen LogP contribution in [0.15, 0.2) is 53.7 Å². The number of benzene rings is 2. The number of hydrogen-bond donors (Lipinski definition) is 0. The van der Waals surface area contributed by atoms with Crippen molar-refractivity contribution >= 4 is 17.5 Å². The maximum Gasteiger partial charge on any atom is 0.191 e. The lowest BCUT2D eigenvalue weighted by Crippen LogP contribution is -2.14. The van der Waals surface area contributed by atoms with Crippen LogP contribution in [0, 0.1) is 6.92 Å². The molecule has 0 fully saturated rings. The molecule has 26 heavy (non-hydrogen) atoms. The van der Waals surface area contributed by atoms with Crippen molar-refractivity contribution in [2.24, 2.45) is 7.05 Å². The number of aromatic nitrogens is 3. The van der Waals surface area contributed by atoms with Gasteiger partial charge in [-0.1, -0.05) is 66.7 Å². The van der Waals surface area contributed by atoms with Gasteiger partial charge in [0.15, 0.2) is 16.8 Å². The van der Waals surface area contributed by atoms with Gasteiger partial charge in [-0.25, -0.2) is 0 Å². The molecule has 0 N–H and O–H groups in total. The van der Waals surface area contributed by atoms with E-state index in [-0.39, 0.29) is 11.0 Å². The fourth-order valence-corrected chi connectivity index (χ4v) is 3.70. The second kappa shape index (κ2) is 7.87. The molecule has 3 aromatic rings. The molecule has 0 bridgehead atoms. The van der Waals surface area contributed by atoms with Crippen molar-refractivity contribution in [2.75, 3.05) is 0 Å². The molecule has 0 aliphatic rings. The first-order chi connectivity index (χ1) is 12.5. The van der Waals surface area contributed by atoms with Crippen molar-refractivity contribution in [3.63, 3.8) is 0 Å². The maximum absolute atomic E-state index is 12.7. The van der Waals surface area contributed by atoms with E-state index in [1.807, 2.05) is 54.9 Å². The van der Waals surface area contributed by atoms with E-state index in [0.29, 0.717) is 0 Å². The molecule has 0 amide bonds. The lowest BCUT2D eigenvalue weighted by Gasteiger charge is -2.10. The van der Waals surface area contributed by atoms with Crippen LogP contribution in [0.1, 0.15) is 35.3 Å². The van der Waals surface area contributed by atoms with Crippen molar-refractivity contribution in [1.29, 1.82) is 0 Å². The maximum atomic E-state index is 12.7. The van der Waals surface area contributed by atoms with E-state index in [9.17, 15) is 4.79 Å². The Kier molecular flexibility index (Phi) is 5.57. The third kappa shape index (κ3) is 3.88. The lowest BCUT2D eigenvalue weighted by molar-refractivity contribution is 0.0994. The first-order valence-electron chi connectivity index (χ1n) is 8.76. The van der Waals surface area contributed by atoms with Crippen LogP contribution in [0.2, 0.25) is 0 Å². The number of thioether (sulfide) groups is 1. The molecule has 0 saturated carbocycles. The molecule has 134 valence electrons. The zero-order chi connectivity index (χ0) is 18.7. The van der Waals surface area contributed by atoms with E-state index in [1.165, 1.54) is 22.9 Å². The zero-order valence-electron chi connectivity index (χ0n) is 15.6. The van der Waals surface area contributed by atoms with Gasteiger partial charge in [0.2, 0.25) is 0 Å². The highest BCUT2D eigenvalue weighted by molar-refractivity contribution is 8.00. The number of hydrogen-bond acceptors (Lipinski definition) is 4. The van der Waals surface area contributed by atoms with Gasteiger partial charge in [-0.05, 0) is 31.9 Å². The number of aryl methyl sites for hydroxylation is 2. The average Bonchev–Trinajstić information content (AvgIpc) is 3.01. The molecule has 3 rings (SSSR count). The summed E-state index contributed by atoms with van der Waals surface area (Å²) in [4.78, 5) is 12.7. The fraction of sp³-hybridized carbons (Fsp3) is 0.286. The first kappa shape index (κ1) is 18.4. The molecule has 1 aromatic heterocycles. The van der Waals surface area contributed by atoms with Crippen LogP contribution in [-0.2, 0) is 13.5 Å². The highest BCUT2D eigenvalue weighted by atomic mass is 32.2. The smallest absolute Gasteiger partial charge is 0.191 e. The summed E-state index contributed by atoms with van der Waals surface area (Å²) in [6.07, 6.45) is 0.972. The molecule has 0 aliphatic carbocycles. The molecular formula is C21H23N3OS. The summed E-state index contributed by atoms with van der Waals surface area (Å²) in [5.41, 5.74) is 4.18. The van der Waals surface area contributed by atoms with E-state index >= 15 is 0 Å². The number of carbonyl (C=O) groups is 1. The summed E-state index contributed by atoms with van der Waals surface area (Å²) in [5, 5.41) is 9.12. The minimum Gasteiger partial charge on any atom is -0.305 e. The van der Waals surface area contributed by atoms with Gasteiger partial charge in [-0.15, -0.1) is 10.2 Å². The van der Waals surface area contributed by atoms with Gasteiger partial charge in [0, 0.05) is 18.2 Å². The Morgan fingerprint density at radius 3 is 2.54 bits per heavy atom. The van der Waals surface area contributed by atoms with E-state index in [1.54, 1.807) is 0 Å². The molecular weight excluding hydrogens is 342 g/mol. The number of ketones is 1. The summed E-state index contributed by atoms with van der Waals surface area (Å²) < 4.78 is 1.95. The molecule has 1 atom stereocenters. The summed E-state index contributed by atoms with van der Waals surface area (Å²) in [5.74, 6) is 0.918. The number of rotatable bonds is 6. The molecule has 1 heterocycles. The van der Waals surface area contributed by atoms with Crippen molar-refractivity contribution in [2.45, 2.75) is 37.6 Å². The predicted octanol–water partition coefficient (Wildman–Crippen LogP) is 4.72. The van der Waals surface area contributed by atoms with Crippen LogP contribution < -0.4 is 0 Å². The van der Waals surface area contributed by atoms with E-state index in [0.717, 1.165) is 28.5 Å². The Morgan fingerprint density at radius 2 is 1.88 bits per heavy atom. The number of carbonyl (C=O) groups excluding carboxylic acids is 1. The average molecular weight is 366 g/mol. The molecule has 1 unspecified atom stereocenters. The van der Waals surface area contributed by atoms with Gasteiger partial charge >= 0.3 is 0 Å². The van der Waals surface area contributed by atoms with Crippen LogP contribution in [0.3, 0.4) is 0 Å². The minimum atomic E-state index is -0.226. The van der Waals surface area contributed by atoms with Crippen molar-refractivity contribution in [3.8, 4) is 11.4 Å². The zero-order valence-corrected chi connectivity index (χ0v) is 16.4. The Morgan fingerprint density at radius 1 is 1.15 bits per heavy atom. The van der Waals surface area contributed by atoms with Gasteiger partial charge in [0.1, 0.15) is 0 Å². The molecule has 5 heteroatoms. The highest BCUT2D eigenvalue weighted by Gasteiger charge is 2.20. The van der Waals surface area contributed by atoms with Crippen molar-refractivity contribution < 1.29 is 4.79 Å². The molecule has 0 saturated heterocycles. The second-order valence-electron chi connectivity index (χ2n) is 6.41. The summed E-state index contributed by atoms with van der Waals surface area (Å²) in [7, 11) is 1.94. The molecule has 4 nitrogen and oxygen atoms in total. The van der Waals surface area contributed by atoms with Crippen LogP contribution in [0.25, 0.3) is 11.4 Å². The Balaban J connectivity index is 1.77. The molecule has 0 spiro atoms. The largest absolute Gasteiger partial charge is 0.305 e. The normalized spacial score (nSPS) is 12.2. The summed E-state index contributed by atoms with van der Waals surface area (Å²) >= 11 is 1.44. The Labute approximate surface area is 158 Å². The predicted molar refractivity (Wildman–Crippen MR) is 107 cm³/mol. The first-order valence-corrected chi connectivity index (χ1v) is 9.63. The van der Waals surface area contributed by atoms with Crippen LogP contribution in [0.4, 0.5) is 0 Å². The van der Waals surface area contributed by atoms with Gasteiger partial charge in [-0.3, -0.25) is 4.79 Å². The Hall–Kier alpha value is -2.40. The second-order valence-corrected chi connectivity index (χ2v) is 7.72. The molecule has 2 aromatic carbocycles. The lowest BCUT2D eigenvalue weighted by atomic mass is 10.1. The topological polar surface area (TPSA) is 47.8 Å². The third-order valence-corrected chi connectivity index (χ3v) is 5.54. The highest BCUT2D eigenvalue weighted by Crippen LogP contribution is 2.27. The van der Waals surface area contributed by atoms with E-state index in [4.69, 9.17) is 0 Å². The van der Waals surface area contributed by atoms with Gasteiger partial charge in [-0.2, -0.15) is 0 Å². The Bertz CT molecular complexity index is 915. The molecule has 0 aliphatic heterocycles. The van der Waals surface area contributed by atoms with E-state index in [2.05, 4.69) is 36.2 Å². The van der Waals surface area contributed by atoms with Crippen molar-refractivity contribution in [1.82, 2.24) is 14.8 Å². The quantitative estimate of drug-likeness (QED) is 0.468. The monoisotopic (exact) mass is 365 g/mol. The van der Waals surface area contributed by atoms with Gasteiger partial charge < -0.3 is 4.57 Å². The summed E-state index contributed by atoms with van der Waals surface area (Å²) in [6.45, 7) is 6.08. The SMILES string of the molecule is CCc1ccc(C(=O)C(C)Sc2nnc(-c3cccc(C)c3)n2C)cc1. The fourth-order valence-electron chi connectivity index (χ4n) is 2.80. The van der Waals surface area contributed by atoms with Crippen LogP contribution in [0.5, 0.6) is 0 Å². The van der Waals surface area contributed by atoms with E-state index < -0.39 is 0 Å². The minimum absolute atomic E-state index is 0.109. The van der Waals surface area contributed by atoms with Crippen molar-refractivity contribution in [3.05, 3.63) is 65.2 Å². The third-order valence-electron chi connectivity index (χ3n) is 4.41. The molecule has 0 radical (unpaired) electrons. The number of Topliss-reactive ketones (excluding diaryl/α,β-unsaturated/α-hetero) is 1. The summed E-state index contributed by atoms with van der Waals surface area (Å²) in [6, 6.07) is 16.0. The standard InChI is InChI=1S/C21H23N3OS/c1-5-16-9-11-17(12-10-16)19(25)15(3)26-21-23-22-20(24(21)4)18-8-6-7-14(2)13-18/h6-13,15H,5H2,1-4H3. The van der Waals surface area contributed by atoms with Crippen LogP contribution in [-0.4, -0.2) is 25.8 Å². The number of nitrogens with zero attached hydrogens (tertiary/aromatic N) is 3.